The second-order valence-corrected chi connectivity index (χ2v) is 10.1. The van der Waals surface area contributed by atoms with E-state index in [4.69, 9.17) is 4.74 Å². The van der Waals surface area contributed by atoms with Crippen LogP contribution in [0.5, 0.6) is 0 Å². The van der Waals surface area contributed by atoms with Crippen LogP contribution in [0.3, 0.4) is 0 Å². The van der Waals surface area contributed by atoms with Gasteiger partial charge in [0.25, 0.3) is 0 Å². The molecule has 0 aromatic heterocycles. The lowest BCUT2D eigenvalue weighted by Gasteiger charge is -2.26. The molecule has 0 aliphatic rings. The molecule has 1 N–H and O–H groups in total. The minimum absolute atomic E-state index is 0.000104. The fourth-order valence-corrected chi connectivity index (χ4v) is 3.62. The summed E-state index contributed by atoms with van der Waals surface area (Å²) in [6.45, 7) is 7.87. The van der Waals surface area contributed by atoms with E-state index in [2.05, 4.69) is 5.32 Å². The van der Waals surface area contributed by atoms with E-state index in [9.17, 15) is 26.4 Å². The van der Waals surface area contributed by atoms with Crippen molar-refractivity contribution in [1.29, 1.82) is 0 Å². The fraction of sp³-hybridized carbons (Fsp3) is 0.588. The van der Waals surface area contributed by atoms with Gasteiger partial charge in [-0.15, -0.1) is 0 Å². The van der Waals surface area contributed by atoms with Crippen molar-refractivity contribution in [3.8, 4) is 0 Å². The average Bonchev–Trinajstić information content (AvgIpc) is 2.44. The molecule has 148 valence electrons. The Labute approximate surface area is 151 Å². The number of nitrogens with one attached hydrogen (secondary N) is 1. The molecule has 0 fully saturated rings. The number of carbonyl (C=O) groups is 1. The molecule has 0 heterocycles. The summed E-state index contributed by atoms with van der Waals surface area (Å²) in [4.78, 5) is 11.2. The van der Waals surface area contributed by atoms with Gasteiger partial charge in [-0.3, -0.25) is 0 Å². The lowest BCUT2D eigenvalue weighted by atomic mass is 10.1. The first kappa shape index (κ1) is 22.3. The maximum absolute atomic E-state index is 12.8. The number of carbonyl (C=O) groups excluding carboxylic acids is 1. The van der Waals surface area contributed by atoms with Gasteiger partial charge in [0.15, 0.2) is 9.84 Å². The third kappa shape index (κ3) is 5.89. The molecule has 0 aliphatic heterocycles. The van der Waals surface area contributed by atoms with Crippen LogP contribution in [0.1, 0.15) is 46.6 Å². The van der Waals surface area contributed by atoms with Gasteiger partial charge >= 0.3 is 12.3 Å². The van der Waals surface area contributed by atoms with Gasteiger partial charge in [0.2, 0.25) is 0 Å². The topological polar surface area (TPSA) is 72.5 Å². The van der Waals surface area contributed by atoms with Crippen LogP contribution in [0.15, 0.2) is 29.2 Å². The van der Waals surface area contributed by atoms with Crippen LogP contribution >= 0.6 is 0 Å². The maximum atomic E-state index is 12.8. The second-order valence-electron chi connectivity index (χ2n) is 7.47. The van der Waals surface area contributed by atoms with Crippen molar-refractivity contribution in [1.82, 2.24) is 5.32 Å². The summed E-state index contributed by atoms with van der Waals surface area (Å²) in [5.74, 6) is 0. The van der Waals surface area contributed by atoms with Crippen LogP contribution < -0.4 is 5.32 Å². The minimum atomic E-state index is -4.63. The van der Waals surface area contributed by atoms with E-state index in [0.29, 0.717) is 6.07 Å². The van der Waals surface area contributed by atoms with Gasteiger partial charge in [-0.25, -0.2) is 13.2 Å². The zero-order valence-electron chi connectivity index (χ0n) is 15.4. The summed E-state index contributed by atoms with van der Waals surface area (Å²) >= 11 is 0. The Balaban J connectivity index is 2.89. The first-order valence-electron chi connectivity index (χ1n) is 7.95. The monoisotopic (exact) mass is 395 g/mol. The van der Waals surface area contributed by atoms with Gasteiger partial charge in [0.1, 0.15) is 5.60 Å². The molecule has 1 aromatic carbocycles. The number of rotatable bonds is 5. The van der Waals surface area contributed by atoms with Gasteiger partial charge in [0, 0.05) is 6.54 Å². The summed E-state index contributed by atoms with van der Waals surface area (Å²) in [7, 11) is -4.05. The number of amides is 1. The van der Waals surface area contributed by atoms with Crippen molar-refractivity contribution in [3.05, 3.63) is 29.8 Å². The molecule has 5 nitrogen and oxygen atoms in total. The molecule has 9 heteroatoms. The molecular formula is C17H24F3NO4S. The molecule has 1 rings (SSSR count). The minimum Gasteiger partial charge on any atom is -0.444 e. The Morgan fingerprint density at radius 3 is 2.19 bits per heavy atom. The number of hydrogen-bond donors (Lipinski definition) is 1. The molecule has 0 radical (unpaired) electrons. The second kappa shape index (κ2) is 7.46. The van der Waals surface area contributed by atoms with Gasteiger partial charge in [-0.1, -0.05) is 6.07 Å². The first-order valence-corrected chi connectivity index (χ1v) is 9.43. The summed E-state index contributed by atoms with van der Waals surface area (Å²) < 4.78 is 67.6. The molecule has 26 heavy (non-hydrogen) atoms. The predicted octanol–water partition coefficient (Wildman–Crippen LogP) is 4.17. The largest absolute Gasteiger partial charge is 0.444 e. The van der Waals surface area contributed by atoms with Crippen LogP contribution in [0.25, 0.3) is 0 Å². The number of hydrogen-bond acceptors (Lipinski definition) is 4. The number of alkyl halides is 3. The average molecular weight is 395 g/mol. The van der Waals surface area contributed by atoms with E-state index < -0.39 is 42.9 Å². The molecule has 0 aliphatic carbocycles. The van der Waals surface area contributed by atoms with Crippen LogP contribution in [-0.2, 0) is 20.8 Å². The van der Waals surface area contributed by atoms with Crippen molar-refractivity contribution in [2.75, 3.05) is 6.54 Å². The summed E-state index contributed by atoms with van der Waals surface area (Å²) in [5.41, 5.74) is -1.72. The SMILES string of the molecule is CC(C)(C)OC(=O)NCCC(C)(C)S(=O)(=O)c1cccc(C(F)(F)F)c1. The Kier molecular flexibility index (Phi) is 6.39. The number of benzene rings is 1. The molecule has 0 atom stereocenters. The summed E-state index contributed by atoms with van der Waals surface area (Å²) in [6.07, 6.45) is -5.32. The van der Waals surface area contributed by atoms with Crippen LogP contribution in [-0.4, -0.2) is 31.4 Å². The highest BCUT2D eigenvalue weighted by Crippen LogP contribution is 2.34. The Bertz CT molecular complexity index is 750. The highest BCUT2D eigenvalue weighted by atomic mass is 32.2. The fourth-order valence-electron chi connectivity index (χ4n) is 2.07. The summed E-state index contributed by atoms with van der Waals surface area (Å²) in [5, 5.41) is 2.45. The number of alkyl carbamates (subject to hydrolysis) is 1. The van der Waals surface area contributed by atoms with Gasteiger partial charge in [-0.05, 0) is 59.2 Å². The number of ether oxygens (including phenoxy) is 1. The Morgan fingerprint density at radius 1 is 1.12 bits per heavy atom. The highest BCUT2D eigenvalue weighted by molar-refractivity contribution is 7.92. The predicted molar refractivity (Wildman–Crippen MR) is 91.6 cm³/mol. The first-order chi connectivity index (χ1) is 11.6. The molecular weight excluding hydrogens is 371 g/mol. The van der Waals surface area contributed by atoms with E-state index >= 15 is 0 Å². The summed E-state index contributed by atoms with van der Waals surface area (Å²) in [6, 6.07) is 3.63. The zero-order chi connectivity index (χ0) is 20.4. The molecule has 0 unspecified atom stereocenters. The van der Waals surface area contributed by atoms with Crippen LogP contribution in [0.4, 0.5) is 18.0 Å². The van der Waals surface area contributed by atoms with E-state index in [0.717, 1.165) is 18.2 Å². The van der Waals surface area contributed by atoms with Crippen molar-refractivity contribution >= 4 is 15.9 Å². The lowest BCUT2D eigenvalue weighted by molar-refractivity contribution is -0.137. The smallest absolute Gasteiger partial charge is 0.416 e. The van der Waals surface area contributed by atoms with E-state index in [1.54, 1.807) is 20.8 Å². The maximum Gasteiger partial charge on any atom is 0.416 e. The molecule has 0 saturated heterocycles. The molecule has 1 amide bonds. The zero-order valence-corrected chi connectivity index (χ0v) is 16.2. The molecule has 0 spiro atoms. The quantitative estimate of drug-likeness (QED) is 0.812. The van der Waals surface area contributed by atoms with E-state index in [1.165, 1.54) is 13.8 Å². The standard InChI is InChI=1S/C17H24F3NO4S/c1-15(2,3)25-14(22)21-10-9-16(4,5)26(23,24)13-8-6-7-12(11-13)17(18,19)20/h6-8,11H,9-10H2,1-5H3,(H,21,22). The van der Waals surface area contributed by atoms with E-state index in [-0.39, 0.29) is 13.0 Å². The molecule has 0 bridgehead atoms. The van der Waals surface area contributed by atoms with E-state index in [1.807, 2.05) is 0 Å². The van der Waals surface area contributed by atoms with Crippen molar-refractivity contribution < 1.29 is 31.1 Å². The van der Waals surface area contributed by atoms with Gasteiger partial charge < -0.3 is 10.1 Å². The lowest BCUT2D eigenvalue weighted by Crippen LogP contribution is -2.39. The molecule has 1 aromatic rings. The molecule has 0 saturated carbocycles. The third-order valence-electron chi connectivity index (χ3n) is 3.59. The van der Waals surface area contributed by atoms with Crippen molar-refractivity contribution in [2.45, 2.75) is 62.5 Å². The van der Waals surface area contributed by atoms with Crippen LogP contribution in [0.2, 0.25) is 0 Å². The van der Waals surface area contributed by atoms with Gasteiger partial charge in [-0.2, -0.15) is 13.2 Å². The van der Waals surface area contributed by atoms with Crippen LogP contribution in [0, 0.1) is 0 Å². The Morgan fingerprint density at radius 2 is 1.69 bits per heavy atom. The number of halogens is 3. The Hall–Kier alpha value is -1.77. The number of sulfone groups is 1. The third-order valence-corrected chi connectivity index (χ3v) is 6.13. The van der Waals surface area contributed by atoms with Crippen molar-refractivity contribution in [3.63, 3.8) is 0 Å². The normalized spacial score (nSPS) is 13.4. The van der Waals surface area contributed by atoms with Crippen molar-refractivity contribution in [2.24, 2.45) is 0 Å². The highest BCUT2D eigenvalue weighted by Gasteiger charge is 2.38. The van der Waals surface area contributed by atoms with Gasteiger partial charge in [0.05, 0.1) is 15.2 Å².